The lowest BCUT2D eigenvalue weighted by atomic mass is 9.63. The fourth-order valence-corrected chi connectivity index (χ4v) is 4.45. The van der Waals surface area contributed by atoms with E-state index in [0.29, 0.717) is 11.8 Å². The van der Waals surface area contributed by atoms with Crippen molar-refractivity contribution in [3.63, 3.8) is 0 Å². The van der Waals surface area contributed by atoms with E-state index in [9.17, 15) is 14.4 Å². The summed E-state index contributed by atoms with van der Waals surface area (Å²) in [6, 6.07) is 0. The molecule has 1 N–H and O–H groups in total. The standard InChI is InChI=1S/C14H15NO4/c16-10(17)3-4-15-13(18)11-6-1-2-7(9-5-8(6)9)12(11)14(15)19/h1-2,6-9,11-12H,3-5H2,(H,16,17)/t6-,7-,8+,9+,11-,12+/m1/s1. The van der Waals surface area contributed by atoms with E-state index >= 15 is 0 Å². The van der Waals surface area contributed by atoms with Crippen molar-refractivity contribution in [2.75, 3.05) is 6.54 Å². The quantitative estimate of drug-likeness (QED) is 0.593. The van der Waals surface area contributed by atoms with Gasteiger partial charge >= 0.3 is 5.97 Å². The Hall–Kier alpha value is -1.65. The van der Waals surface area contributed by atoms with Crippen molar-refractivity contribution in [1.82, 2.24) is 4.90 Å². The molecule has 5 rings (SSSR count). The molecule has 100 valence electrons. The first-order valence-corrected chi connectivity index (χ1v) is 6.85. The van der Waals surface area contributed by atoms with Crippen LogP contribution in [0.4, 0.5) is 0 Å². The van der Waals surface area contributed by atoms with E-state index < -0.39 is 5.97 Å². The van der Waals surface area contributed by atoms with Crippen molar-refractivity contribution >= 4 is 17.8 Å². The van der Waals surface area contributed by atoms with Crippen LogP contribution in [-0.2, 0) is 14.4 Å². The molecule has 2 amide bonds. The van der Waals surface area contributed by atoms with E-state index in [-0.39, 0.29) is 48.5 Å². The molecule has 5 heteroatoms. The fourth-order valence-electron chi connectivity index (χ4n) is 4.45. The Kier molecular flexibility index (Phi) is 2.04. The highest BCUT2D eigenvalue weighted by Gasteiger charge is 2.66. The number of nitrogens with zero attached hydrogens (tertiary/aromatic N) is 1. The van der Waals surface area contributed by atoms with Crippen molar-refractivity contribution in [2.24, 2.45) is 35.5 Å². The highest BCUT2D eigenvalue weighted by molar-refractivity contribution is 6.06. The molecule has 4 aliphatic carbocycles. The van der Waals surface area contributed by atoms with Crippen LogP contribution in [0, 0.1) is 35.5 Å². The molecule has 2 bridgehead atoms. The molecule has 0 unspecified atom stereocenters. The van der Waals surface area contributed by atoms with Crippen LogP contribution in [0.15, 0.2) is 12.2 Å². The second-order valence-corrected chi connectivity index (χ2v) is 6.13. The van der Waals surface area contributed by atoms with Crippen LogP contribution in [0.1, 0.15) is 12.8 Å². The minimum absolute atomic E-state index is 0.0226. The van der Waals surface area contributed by atoms with Crippen LogP contribution >= 0.6 is 0 Å². The van der Waals surface area contributed by atoms with Gasteiger partial charge in [0.05, 0.1) is 18.3 Å². The predicted octanol–water partition coefficient (Wildman–Crippen LogP) is 0.514. The number of hydrogen-bond donors (Lipinski definition) is 1. The zero-order valence-electron chi connectivity index (χ0n) is 10.4. The zero-order valence-corrected chi connectivity index (χ0v) is 10.4. The van der Waals surface area contributed by atoms with Crippen molar-refractivity contribution in [3.8, 4) is 0 Å². The van der Waals surface area contributed by atoms with Gasteiger partial charge in [-0.1, -0.05) is 12.2 Å². The Morgan fingerprint density at radius 1 is 1.16 bits per heavy atom. The third-order valence-electron chi connectivity index (χ3n) is 5.30. The largest absolute Gasteiger partial charge is 0.481 e. The molecule has 0 aromatic heterocycles. The molecule has 0 radical (unpaired) electrons. The predicted molar refractivity (Wildman–Crippen MR) is 63.7 cm³/mol. The van der Waals surface area contributed by atoms with Crippen molar-refractivity contribution in [2.45, 2.75) is 12.8 Å². The number of aliphatic carboxylic acids is 1. The topological polar surface area (TPSA) is 74.7 Å². The molecule has 3 fully saturated rings. The number of rotatable bonds is 3. The second kappa shape index (κ2) is 3.46. The third-order valence-corrected chi connectivity index (χ3v) is 5.30. The van der Waals surface area contributed by atoms with Crippen molar-refractivity contribution in [1.29, 1.82) is 0 Å². The molecule has 1 aliphatic heterocycles. The van der Waals surface area contributed by atoms with Gasteiger partial charge in [-0.3, -0.25) is 19.3 Å². The molecule has 5 aliphatic rings. The molecule has 0 spiro atoms. The number of hydrogen-bond acceptors (Lipinski definition) is 3. The smallest absolute Gasteiger partial charge is 0.305 e. The summed E-state index contributed by atoms with van der Waals surface area (Å²) in [5, 5.41) is 8.71. The SMILES string of the molecule is O=C(O)CCN1C(=O)[C@@H]2[C@@H]3C=C[C@H]([C@@H]4C[C@@H]34)[C@@H]2C1=O. The Balaban J connectivity index is 1.63. The molecule has 19 heavy (non-hydrogen) atoms. The van der Waals surface area contributed by atoms with Gasteiger partial charge in [-0.15, -0.1) is 0 Å². The van der Waals surface area contributed by atoms with E-state index in [2.05, 4.69) is 12.2 Å². The Labute approximate surface area is 110 Å². The molecular weight excluding hydrogens is 246 g/mol. The average Bonchev–Trinajstić information content (AvgIpc) is 3.14. The maximum Gasteiger partial charge on any atom is 0.305 e. The summed E-state index contributed by atoms with van der Waals surface area (Å²) in [6.07, 6.45) is 5.22. The number of carbonyl (C=O) groups is 3. The summed E-state index contributed by atoms with van der Waals surface area (Å²) < 4.78 is 0. The molecular formula is C14H15NO4. The zero-order chi connectivity index (χ0) is 13.3. The van der Waals surface area contributed by atoms with Gasteiger partial charge in [-0.05, 0) is 30.1 Å². The van der Waals surface area contributed by atoms with E-state index in [1.807, 2.05) is 0 Å². The molecule has 2 saturated carbocycles. The van der Waals surface area contributed by atoms with Crippen molar-refractivity contribution in [3.05, 3.63) is 12.2 Å². The van der Waals surface area contributed by atoms with Gasteiger partial charge in [0.2, 0.25) is 11.8 Å². The maximum absolute atomic E-state index is 12.4. The van der Waals surface area contributed by atoms with Gasteiger partial charge in [0, 0.05) is 6.54 Å². The minimum atomic E-state index is -0.973. The van der Waals surface area contributed by atoms with Crippen LogP contribution in [0.2, 0.25) is 0 Å². The first kappa shape index (κ1) is 11.2. The number of carboxylic acids is 1. The first-order chi connectivity index (χ1) is 9.09. The number of carbonyl (C=O) groups excluding carboxylic acids is 2. The van der Waals surface area contributed by atoms with E-state index in [4.69, 9.17) is 5.11 Å². The summed E-state index contributed by atoms with van der Waals surface area (Å²) in [5.41, 5.74) is 0. The van der Waals surface area contributed by atoms with E-state index in [0.717, 1.165) is 6.42 Å². The molecule has 1 heterocycles. The van der Waals surface area contributed by atoms with E-state index in [1.54, 1.807) is 0 Å². The molecule has 1 saturated heterocycles. The van der Waals surface area contributed by atoms with Crippen LogP contribution in [0.3, 0.4) is 0 Å². The fraction of sp³-hybridized carbons (Fsp3) is 0.643. The Morgan fingerprint density at radius 2 is 1.68 bits per heavy atom. The average molecular weight is 261 g/mol. The summed E-state index contributed by atoms with van der Waals surface area (Å²) in [7, 11) is 0. The minimum Gasteiger partial charge on any atom is -0.481 e. The normalized spacial score (nSPS) is 45.4. The molecule has 5 nitrogen and oxygen atoms in total. The van der Waals surface area contributed by atoms with Crippen LogP contribution < -0.4 is 0 Å². The lowest BCUT2D eigenvalue weighted by Gasteiger charge is -2.37. The highest BCUT2D eigenvalue weighted by atomic mass is 16.4. The van der Waals surface area contributed by atoms with Crippen LogP contribution in [-0.4, -0.2) is 34.3 Å². The summed E-state index contributed by atoms with van der Waals surface area (Å²) in [5.74, 6) is -0.0567. The molecule has 0 aromatic carbocycles. The highest BCUT2D eigenvalue weighted by Crippen LogP contribution is 2.65. The summed E-state index contributed by atoms with van der Waals surface area (Å²) in [4.78, 5) is 36.6. The second-order valence-electron chi connectivity index (χ2n) is 6.13. The maximum atomic E-state index is 12.4. The van der Waals surface area contributed by atoms with Gasteiger partial charge < -0.3 is 5.11 Å². The van der Waals surface area contributed by atoms with Gasteiger partial charge in [0.1, 0.15) is 0 Å². The molecule has 0 aromatic rings. The number of allylic oxidation sites excluding steroid dienone is 2. The number of amides is 2. The molecule has 6 atom stereocenters. The monoisotopic (exact) mass is 261 g/mol. The van der Waals surface area contributed by atoms with Crippen molar-refractivity contribution < 1.29 is 19.5 Å². The summed E-state index contributed by atoms with van der Waals surface area (Å²) in [6.45, 7) is 0.0226. The summed E-state index contributed by atoms with van der Waals surface area (Å²) >= 11 is 0. The first-order valence-electron chi connectivity index (χ1n) is 6.85. The van der Waals surface area contributed by atoms with Gasteiger partial charge in [-0.2, -0.15) is 0 Å². The van der Waals surface area contributed by atoms with Gasteiger partial charge in [-0.25, -0.2) is 0 Å². The van der Waals surface area contributed by atoms with E-state index in [1.165, 1.54) is 4.90 Å². The Bertz CT molecular complexity index is 490. The Morgan fingerprint density at radius 3 is 2.16 bits per heavy atom. The van der Waals surface area contributed by atoms with Gasteiger partial charge in [0.15, 0.2) is 0 Å². The number of imide groups is 1. The lowest BCUT2D eigenvalue weighted by Crippen LogP contribution is -2.40. The van der Waals surface area contributed by atoms with Gasteiger partial charge in [0.25, 0.3) is 0 Å². The number of likely N-dealkylation sites (tertiary alicyclic amines) is 1. The van der Waals surface area contributed by atoms with Crippen LogP contribution in [0.5, 0.6) is 0 Å². The third kappa shape index (κ3) is 1.33. The number of carboxylic acid groups (broad SMARTS) is 1. The lowest BCUT2D eigenvalue weighted by molar-refractivity contribution is -0.142. The van der Waals surface area contributed by atoms with Crippen LogP contribution in [0.25, 0.3) is 0 Å².